The number of aliphatic hydroxyl groups is 1. The van der Waals surface area contributed by atoms with E-state index in [0.29, 0.717) is 0 Å². The second kappa shape index (κ2) is 5.93. The number of para-hydroxylation sites is 1. The molecule has 0 aliphatic carbocycles. The van der Waals surface area contributed by atoms with Gasteiger partial charge in [0, 0.05) is 18.9 Å². The Balaban J connectivity index is 1.98. The molecule has 3 rings (SSSR count). The second-order valence-electron chi connectivity index (χ2n) is 4.89. The summed E-state index contributed by atoms with van der Waals surface area (Å²) >= 11 is 0. The van der Waals surface area contributed by atoms with Crippen molar-refractivity contribution in [3.63, 3.8) is 0 Å². The zero-order valence-electron chi connectivity index (χ0n) is 11.9. The van der Waals surface area contributed by atoms with E-state index in [1.807, 2.05) is 47.1 Å². The molecule has 0 fully saturated rings. The molecule has 0 aliphatic rings. The summed E-state index contributed by atoms with van der Waals surface area (Å²) in [6.45, 7) is 2.88. The van der Waals surface area contributed by atoms with Crippen LogP contribution in [0.25, 0.3) is 5.69 Å². The molecule has 0 spiro atoms. The SMILES string of the molecule is CCCn1nccc1C(O)c1ccnn1-c1ccccc1. The number of nitrogens with zero attached hydrogens (tertiary/aromatic N) is 4. The van der Waals surface area contributed by atoms with Gasteiger partial charge in [-0.15, -0.1) is 0 Å². The molecule has 5 heteroatoms. The van der Waals surface area contributed by atoms with Gasteiger partial charge in [0.1, 0.15) is 6.10 Å². The van der Waals surface area contributed by atoms with E-state index in [0.717, 1.165) is 30.0 Å². The molecule has 2 aromatic heterocycles. The molecule has 2 heterocycles. The Kier molecular flexibility index (Phi) is 3.83. The van der Waals surface area contributed by atoms with Crippen LogP contribution in [0.4, 0.5) is 0 Å². The van der Waals surface area contributed by atoms with Gasteiger partial charge in [-0.2, -0.15) is 10.2 Å². The summed E-state index contributed by atoms with van der Waals surface area (Å²) in [6.07, 6.45) is 3.64. The van der Waals surface area contributed by atoms with E-state index in [-0.39, 0.29) is 0 Å². The predicted molar refractivity (Wildman–Crippen MR) is 80.1 cm³/mol. The molecule has 1 unspecified atom stereocenters. The van der Waals surface area contributed by atoms with Crippen LogP contribution in [-0.4, -0.2) is 24.7 Å². The van der Waals surface area contributed by atoms with Crippen LogP contribution in [0.15, 0.2) is 54.9 Å². The first-order valence-corrected chi connectivity index (χ1v) is 7.10. The highest BCUT2D eigenvalue weighted by Crippen LogP contribution is 2.23. The van der Waals surface area contributed by atoms with E-state index in [1.165, 1.54) is 0 Å². The van der Waals surface area contributed by atoms with Crippen molar-refractivity contribution in [2.45, 2.75) is 26.0 Å². The Labute approximate surface area is 123 Å². The fourth-order valence-electron chi connectivity index (χ4n) is 2.43. The highest BCUT2D eigenvalue weighted by atomic mass is 16.3. The third-order valence-electron chi connectivity index (χ3n) is 3.42. The molecule has 0 saturated heterocycles. The summed E-state index contributed by atoms with van der Waals surface area (Å²) in [7, 11) is 0. The monoisotopic (exact) mass is 282 g/mol. The van der Waals surface area contributed by atoms with E-state index in [4.69, 9.17) is 0 Å². The summed E-state index contributed by atoms with van der Waals surface area (Å²) in [5.74, 6) is 0. The van der Waals surface area contributed by atoms with Crippen LogP contribution in [0.1, 0.15) is 30.8 Å². The maximum Gasteiger partial charge on any atom is 0.138 e. The lowest BCUT2D eigenvalue weighted by Gasteiger charge is -2.15. The zero-order chi connectivity index (χ0) is 14.7. The van der Waals surface area contributed by atoms with Crippen molar-refractivity contribution in [2.24, 2.45) is 0 Å². The summed E-state index contributed by atoms with van der Waals surface area (Å²) in [5.41, 5.74) is 2.45. The third kappa shape index (κ3) is 2.60. The molecule has 1 aromatic carbocycles. The molecule has 0 aliphatic heterocycles. The number of aliphatic hydroxyl groups excluding tert-OH is 1. The zero-order valence-corrected chi connectivity index (χ0v) is 11.9. The number of hydrogen-bond acceptors (Lipinski definition) is 3. The smallest absolute Gasteiger partial charge is 0.138 e. The van der Waals surface area contributed by atoms with E-state index in [1.54, 1.807) is 17.1 Å². The minimum Gasteiger partial charge on any atom is -0.380 e. The van der Waals surface area contributed by atoms with Gasteiger partial charge in [0.25, 0.3) is 0 Å². The second-order valence-corrected chi connectivity index (χ2v) is 4.89. The molecule has 0 amide bonds. The summed E-state index contributed by atoms with van der Waals surface area (Å²) in [6, 6.07) is 13.5. The first kappa shape index (κ1) is 13.6. The first-order chi connectivity index (χ1) is 10.3. The standard InChI is InChI=1S/C16H18N4O/c1-2-12-19-14(8-10-17-19)16(21)15-9-11-18-20(15)13-6-4-3-5-7-13/h3-11,16,21H,2,12H2,1H3. The summed E-state index contributed by atoms with van der Waals surface area (Å²) in [5, 5.41) is 19.3. The van der Waals surface area contributed by atoms with Gasteiger partial charge in [-0.05, 0) is 30.7 Å². The van der Waals surface area contributed by atoms with E-state index in [9.17, 15) is 5.11 Å². The largest absolute Gasteiger partial charge is 0.380 e. The van der Waals surface area contributed by atoms with Gasteiger partial charge in [0.05, 0.1) is 17.1 Å². The van der Waals surface area contributed by atoms with Crippen LogP contribution in [0.2, 0.25) is 0 Å². The average molecular weight is 282 g/mol. The maximum absolute atomic E-state index is 10.7. The van der Waals surface area contributed by atoms with Crippen molar-refractivity contribution in [1.29, 1.82) is 0 Å². The lowest BCUT2D eigenvalue weighted by molar-refractivity contribution is 0.199. The minimum absolute atomic E-state index is 0.735. The molecule has 3 aromatic rings. The maximum atomic E-state index is 10.7. The van der Waals surface area contributed by atoms with Gasteiger partial charge < -0.3 is 5.11 Å². The molecule has 0 saturated carbocycles. The molecule has 0 radical (unpaired) electrons. The van der Waals surface area contributed by atoms with Crippen LogP contribution < -0.4 is 0 Å². The van der Waals surface area contributed by atoms with E-state index < -0.39 is 6.10 Å². The van der Waals surface area contributed by atoms with Crippen molar-refractivity contribution in [3.8, 4) is 5.69 Å². The highest BCUT2D eigenvalue weighted by molar-refractivity contribution is 5.34. The van der Waals surface area contributed by atoms with Crippen LogP contribution in [0.5, 0.6) is 0 Å². The van der Waals surface area contributed by atoms with Crippen molar-refractivity contribution in [3.05, 3.63) is 66.2 Å². The summed E-state index contributed by atoms with van der Waals surface area (Å²) < 4.78 is 3.60. The molecule has 0 bridgehead atoms. The first-order valence-electron chi connectivity index (χ1n) is 7.10. The van der Waals surface area contributed by atoms with Gasteiger partial charge in [-0.3, -0.25) is 4.68 Å². The highest BCUT2D eigenvalue weighted by Gasteiger charge is 2.19. The number of aryl methyl sites for hydroxylation is 1. The van der Waals surface area contributed by atoms with Crippen molar-refractivity contribution in [1.82, 2.24) is 19.6 Å². The molecular weight excluding hydrogens is 264 g/mol. The Morgan fingerprint density at radius 2 is 1.71 bits per heavy atom. The number of benzene rings is 1. The van der Waals surface area contributed by atoms with Crippen molar-refractivity contribution >= 4 is 0 Å². The summed E-state index contributed by atoms with van der Waals surface area (Å²) in [4.78, 5) is 0. The van der Waals surface area contributed by atoms with Gasteiger partial charge in [0.15, 0.2) is 0 Å². The number of aromatic nitrogens is 4. The van der Waals surface area contributed by atoms with E-state index in [2.05, 4.69) is 17.1 Å². The lowest BCUT2D eigenvalue weighted by Crippen LogP contribution is -2.13. The molecule has 1 N–H and O–H groups in total. The molecular formula is C16H18N4O. The van der Waals surface area contributed by atoms with Crippen LogP contribution in [-0.2, 0) is 6.54 Å². The Morgan fingerprint density at radius 3 is 2.48 bits per heavy atom. The fourth-order valence-corrected chi connectivity index (χ4v) is 2.43. The van der Waals surface area contributed by atoms with Gasteiger partial charge in [0.2, 0.25) is 0 Å². The average Bonchev–Trinajstić information content (AvgIpc) is 3.17. The van der Waals surface area contributed by atoms with Crippen molar-refractivity contribution in [2.75, 3.05) is 0 Å². The fraction of sp³-hybridized carbons (Fsp3) is 0.250. The number of hydrogen-bond donors (Lipinski definition) is 1. The molecule has 108 valence electrons. The Bertz CT molecular complexity index is 702. The molecule has 1 atom stereocenters. The molecule has 5 nitrogen and oxygen atoms in total. The van der Waals surface area contributed by atoms with Crippen molar-refractivity contribution < 1.29 is 5.11 Å². The van der Waals surface area contributed by atoms with E-state index >= 15 is 0 Å². The van der Waals surface area contributed by atoms with Crippen LogP contribution >= 0.6 is 0 Å². The lowest BCUT2D eigenvalue weighted by atomic mass is 10.1. The molecule has 21 heavy (non-hydrogen) atoms. The minimum atomic E-state index is -0.748. The van der Waals surface area contributed by atoms with Gasteiger partial charge in [-0.1, -0.05) is 25.1 Å². The quantitative estimate of drug-likeness (QED) is 0.782. The number of rotatable bonds is 5. The van der Waals surface area contributed by atoms with Gasteiger partial charge in [-0.25, -0.2) is 4.68 Å². The normalized spacial score (nSPS) is 12.5. The van der Waals surface area contributed by atoms with Crippen LogP contribution in [0.3, 0.4) is 0 Å². The Hall–Kier alpha value is -2.40. The van der Waals surface area contributed by atoms with Gasteiger partial charge >= 0.3 is 0 Å². The predicted octanol–water partition coefficient (Wildman–Crippen LogP) is 2.56. The third-order valence-corrected chi connectivity index (χ3v) is 3.42. The van der Waals surface area contributed by atoms with Crippen LogP contribution in [0, 0.1) is 0 Å². The topological polar surface area (TPSA) is 55.9 Å². The Morgan fingerprint density at radius 1 is 1.00 bits per heavy atom.